The maximum absolute atomic E-state index is 9.87. The van der Waals surface area contributed by atoms with E-state index in [9.17, 15) is 4.79 Å². The van der Waals surface area contributed by atoms with Crippen molar-refractivity contribution in [3.8, 4) is 0 Å². The first-order chi connectivity index (χ1) is 4.63. The summed E-state index contributed by atoms with van der Waals surface area (Å²) in [7, 11) is 0. The first kappa shape index (κ1) is 9.16. The first-order valence-electron chi connectivity index (χ1n) is 2.88. The zero-order valence-electron chi connectivity index (χ0n) is 5.46. The Bertz CT molecular complexity index is 122. The molecule has 0 rings (SSSR count). The molecule has 5 heteroatoms. The Morgan fingerprint density at radius 2 is 2.30 bits per heavy atom. The van der Waals surface area contributed by atoms with Crippen LogP contribution in [0.5, 0.6) is 0 Å². The molecule has 10 heavy (non-hydrogen) atoms. The molecule has 0 atom stereocenters. The molecule has 4 N–H and O–H groups in total. The smallest absolute Gasteiger partial charge is 0.404 e. The van der Waals surface area contributed by atoms with Gasteiger partial charge in [0.25, 0.3) is 0 Å². The number of nitrogens with one attached hydrogen (secondary N) is 1. The Morgan fingerprint density at radius 3 is 2.70 bits per heavy atom. The molecule has 0 saturated carbocycles. The second-order valence-electron chi connectivity index (χ2n) is 1.80. The number of amides is 1. The third kappa shape index (κ3) is 7.16. The van der Waals surface area contributed by atoms with Crippen LogP contribution in [0.25, 0.3) is 0 Å². The van der Waals surface area contributed by atoms with E-state index in [1.807, 2.05) is 0 Å². The predicted octanol–water partition coefficient (Wildman–Crippen LogP) is 0.320. The van der Waals surface area contributed by atoms with Crippen molar-refractivity contribution in [2.75, 3.05) is 6.54 Å². The fraction of sp³-hybridized carbons (Fsp3) is 0.600. The molecule has 0 aliphatic carbocycles. The minimum Gasteiger partial charge on any atom is -0.465 e. The van der Waals surface area contributed by atoms with Crippen LogP contribution < -0.4 is 11.1 Å². The second-order valence-corrected chi connectivity index (χ2v) is 2.33. The maximum Gasteiger partial charge on any atom is 0.404 e. The quantitative estimate of drug-likeness (QED) is 0.411. The summed E-state index contributed by atoms with van der Waals surface area (Å²) in [6, 6.07) is 0. The Balaban J connectivity index is 3.06. The third-order valence-electron chi connectivity index (χ3n) is 0.876. The zero-order chi connectivity index (χ0) is 7.98. The molecule has 0 unspecified atom stereocenters. The molecule has 0 aromatic carbocycles. The van der Waals surface area contributed by atoms with Gasteiger partial charge in [0.15, 0.2) is 0 Å². The van der Waals surface area contributed by atoms with Crippen molar-refractivity contribution in [2.24, 2.45) is 5.73 Å². The van der Waals surface area contributed by atoms with Gasteiger partial charge >= 0.3 is 6.09 Å². The fourth-order valence-corrected chi connectivity index (χ4v) is 0.602. The van der Waals surface area contributed by atoms with Crippen molar-refractivity contribution in [1.29, 1.82) is 0 Å². The van der Waals surface area contributed by atoms with Crippen molar-refractivity contribution >= 4 is 23.3 Å². The van der Waals surface area contributed by atoms with Crippen LogP contribution in [0.2, 0.25) is 0 Å². The highest BCUT2D eigenvalue weighted by molar-refractivity contribution is 7.80. The summed E-state index contributed by atoms with van der Waals surface area (Å²) < 4.78 is 0. The van der Waals surface area contributed by atoms with Crippen molar-refractivity contribution in [2.45, 2.75) is 12.8 Å². The number of hydrogen-bond donors (Lipinski definition) is 3. The molecule has 0 spiro atoms. The van der Waals surface area contributed by atoms with Crippen molar-refractivity contribution < 1.29 is 9.90 Å². The average molecular weight is 162 g/mol. The molecule has 0 aliphatic rings. The van der Waals surface area contributed by atoms with Crippen molar-refractivity contribution in [3.05, 3.63) is 0 Å². The zero-order valence-corrected chi connectivity index (χ0v) is 6.28. The lowest BCUT2D eigenvalue weighted by molar-refractivity contribution is 0.194. The topological polar surface area (TPSA) is 75.3 Å². The molecule has 0 radical (unpaired) electrons. The van der Waals surface area contributed by atoms with Crippen molar-refractivity contribution in [1.82, 2.24) is 5.32 Å². The number of rotatable bonds is 4. The summed E-state index contributed by atoms with van der Waals surface area (Å²) in [6.07, 6.45) is 0.250. The highest BCUT2D eigenvalue weighted by atomic mass is 32.1. The van der Waals surface area contributed by atoms with Crippen LogP contribution in [-0.2, 0) is 0 Å². The van der Waals surface area contributed by atoms with Gasteiger partial charge in [-0.05, 0) is 12.8 Å². The van der Waals surface area contributed by atoms with Crippen molar-refractivity contribution in [3.63, 3.8) is 0 Å². The number of carboxylic acid groups (broad SMARTS) is 1. The Kier molecular flexibility index (Phi) is 4.57. The molecule has 4 nitrogen and oxygen atoms in total. The molecule has 0 bridgehead atoms. The van der Waals surface area contributed by atoms with E-state index < -0.39 is 6.09 Å². The molecule has 0 aromatic rings. The van der Waals surface area contributed by atoms with E-state index in [2.05, 4.69) is 17.5 Å². The molecule has 1 amide bonds. The van der Waals surface area contributed by atoms with E-state index in [1.165, 1.54) is 0 Å². The third-order valence-corrected chi connectivity index (χ3v) is 1.08. The van der Waals surface area contributed by atoms with Gasteiger partial charge in [0, 0.05) is 6.54 Å². The normalized spacial score (nSPS) is 8.80. The summed E-state index contributed by atoms with van der Waals surface area (Å²) >= 11 is 4.58. The van der Waals surface area contributed by atoms with E-state index in [4.69, 9.17) is 10.8 Å². The molecule has 0 fully saturated rings. The van der Waals surface area contributed by atoms with E-state index in [-0.39, 0.29) is 0 Å². The molecule has 0 aliphatic heterocycles. The summed E-state index contributed by atoms with van der Waals surface area (Å²) in [6.45, 7) is 0.409. The van der Waals surface area contributed by atoms with Crippen LogP contribution in [0.15, 0.2) is 0 Å². The Morgan fingerprint density at radius 1 is 1.70 bits per heavy atom. The van der Waals surface area contributed by atoms with E-state index in [0.29, 0.717) is 24.4 Å². The van der Waals surface area contributed by atoms with E-state index >= 15 is 0 Å². The van der Waals surface area contributed by atoms with Crippen LogP contribution in [0.4, 0.5) is 4.79 Å². The number of hydrogen-bond acceptors (Lipinski definition) is 2. The first-order valence-corrected chi connectivity index (χ1v) is 3.29. The lowest BCUT2D eigenvalue weighted by atomic mass is 10.3. The highest BCUT2D eigenvalue weighted by Gasteiger charge is 1.93. The highest BCUT2D eigenvalue weighted by Crippen LogP contribution is 1.85. The summed E-state index contributed by atoms with van der Waals surface area (Å²) in [5.41, 5.74) is 5.17. The minimum atomic E-state index is -1.01. The van der Waals surface area contributed by atoms with Gasteiger partial charge in [-0.1, -0.05) is 12.2 Å². The molecule has 0 heterocycles. The fourth-order valence-electron chi connectivity index (χ4n) is 0.458. The average Bonchev–Trinajstić information content (AvgIpc) is 1.79. The largest absolute Gasteiger partial charge is 0.465 e. The van der Waals surface area contributed by atoms with Crippen LogP contribution in [-0.4, -0.2) is 22.7 Å². The maximum atomic E-state index is 9.87. The predicted molar refractivity (Wildman–Crippen MR) is 42.0 cm³/mol. The van der Waals surface area contributed by atoms with E-state index in [1.54, 1.807) is 0 Å². The van der Waals surface area contributed by atoms with Crippen LogP contribution in [0, 0.1) is 0 Å². The van der Waals surface area contributed by atoms with Gasteiger partial charge in [-0.2, -0.15) is 0 Å². The van der Waals surface area contributed by atoms with E-state index in [0.717, 1.165) is 0 Å². The molecule has 58 valence electrons. The lowest BCUT2D eigenvalue weighted by Crippen LogP contribution is -2.22. The van der Waals surface area contributed by atoms with Gasteiger partial charge in [0.05, 0.1) is 4.99 Å². The summed E-state index contributed by atoms with van der Waals surface area (Å²) in [5.74, 6) is 0. The molecular formula is C5H10N2O2S. The lowest BCUT2D eigenvalue weighted by Gasteiger charge is -1.98. The number of thiocarbonyl (C=S) groups is 1. The van der Waals surface area contributed by atoms with Gasteiger partial charge in [0.2, 0.25) is 0 Å². The summed E-state index contributed by atoms with van der Waals surface area (Å²) in [5, 5.41) is 10.3. The molecule has 0 saturated heterocycles. The van der Waals surface area contributed by atoms with Crippen LogP contribution in [0.1, 0.15) is 12.8 Å². The number of carbonyl (C=O) groups is 1. The second kappa shape index (κ2) is 4.99. The number of nitrogens with two attached hydrogens (primary N) is 1. The van der Waals surface area contributed by atoms with Gasteiger partial charge in [-0.25, -0.2) is 4.79 Å². The van der Waals surface area contributed by atoms with Crippen LogP contribution >= 0.6 is 12.2 Å². The Labute approximate surface area is 64.4 Å². The molecular weight excluding hydrogens is 152 g/mol. The Hall–Kier alpha value is -0.840. The van der Waals surface area contributed by atoms with Gasteiger partial charge < -0.3 is 16.2 Å². The summed E-state index contributed by atoms with van der Waals surface area (Å²) in [4.78, 5) is 10.3. The molecule has 0 aromatic heterocycles. The van der Waals surface area contributed by atoms with Gasteiger partial charge in [-0.15, -0.1) is 0 Å². The monoisotopic (exact) mass is 162 g/mol. The van der Waals surface area contributed by atoms with Gasteiger partial charge in [0.1, 0.15) is 0 Å². The minimum absolute atomic E-state index is 0.409. The standard InChI is InChI=1S/C5H10N2O2S/c6-4(10)2-1-3-7-5(8)9/h7H,1-3H2,(H2,6,10)(H,8,9). The SMILES string of the molecule is NC(=S)CCCNC(=O)O. The van der Waals surface area contributed by atoms with Crippen LogP contribution in [0.3, 0.4) is 0 Å². The van der Waals surface area contributed by atoms with Gasteiger partial charge in [-0.3, -0.25) is 0 Å².